The SMILES string of the molecule is O=C(Cc1cc(-c2ccc(F)cc2)on1)NC1=NCCS1. The van der Waals surface area contributed by atoms with Gasteiger partial charge in [0.05, 0.1) is 18.7 Å². The fourth-order valence-corrected chi connectivity index (χ4v) is 2.63. The molecule has 0 saturated heterocycles. The Hall–Kier alpha value is -2.15. The summed E-state index contributed by atoms with van der Waals surface area (Å²) in [5.41, 5.74) is 1.24. The van der Waals surface area contributed by atoms with Crippen molar-refractivity contribution in [1.29, 1.82) is 0 Å². The largest absolute Gasteiger partial charge is 0.356 e. The lowest BCUT2D eigenvalue weighted by Gasteiger charge is -2.00. The van der Waals surface area contributed by atoms with Crippen LogP contribution in [0.1, 0.15) is 5.69 Å². The van der Waals surface area contributed by atoms with Crippen molar-refractivity contribution in [1.82, 2.24) is 10.5 Å². The molecule has 1 amide bonds. The van der Waals surface area contributed by atoms with Gasteiger partial charge in [0.15, 0.2) is 10.9 Å². The first-order valence-corrected chi connectivity index (χ1v) is 7.38. The number of nitrogens with one attached hydrogen (secondary N) is 1. The van der Waals surface area contributed by atoms with E-state index in [9.17, 15) is 9.18 Å². The van der Waals surface area contributed by atoms with E-state index in [0.29, 0.717) is 22.2 Å². The van der Waals surface area contributed by atoms with Crippen LogP contribution in [0.4, 0.5) is 4.39 Å². The molecule has 1 aliphatic rings. The topological polar surface area (TPSA) is 67.5 Å². The van der Waals surface area contributed by atoms with Crippen molar-refractivity contribution in [2.75, 3.05) is 12.3 Å². The number of halogens is 1. The molecule has 0 aliphatic carbocycles. The molecule has 0 bridgehead atoms. The molecule has 1 N–H and O–H groups in total. The summed E-state index contributed by atoms with van der Waals surface area (Å²) in [7, 11) is 0. The van der Waals surface area contributed by atoms with Crippen molar-refractivity contribution in [3.63, 3.8) is 0 Å². The molecule has 21 heavy (non-hydrogen) atoms. The van der Waals surface area contributed by atoms with Gasteiger partial charge in [-0.05, 0) is 24.3 Å². The van der Waals surface area contributed by atoms with E-state index >= 15 is 0 Å². The van der Waals surface area contributed by atoms with Crippen molar-refractivity contribution >= 4 is 22.8 Å². The van der Waals surface area contributed by atoms with E-state index in [2.05, 4.69) is 15.5 Å². The van der Waals surface area contributed by atoms with Crippen molar-refractivity contribution < 1.29 is 13.7 Å². The zero-order valence-electron chi connectivity index (χ0n) is 11.0. The number of hydrogen-bond donors (Lipinski definition) is 1. The number of hydrogen-bond acceptors (Lipinski definition) is 5. The van der Waals surface area contributed by atoms with Crippen LogP contribution in [-0.4, -0.2) is 28.5 Å². The number of carbonyl (C=O) groups is 1. The second-order valence-corrected chi connectivity index (χ2v) is 5.53. The zero-order chi connectivity index (χ0) is 14.7. The molecule has 3 rings (SSSR count). The third kappa shape index (κ3) is 3.49. The fourth-order valence-electron chi connectivity index (χ4n) is 1.88. The van der Waals surface area contributed by atoms with Crippen LogP contribution in [-0.2, 0) is 11.2 Å². The summed E-state index contributed by atoms with van der Waals surface area (Å²) in [5.74, 6) is 0.911. The van der Waals surface area contributed by atoms with Crippen molar-refractivity contribution in [2.24, 2.45) is 4.99 Å². The van der Waals surface area contributed by atoms with Crippen LogP contribution < -0.4 is 5.32 Å². The lowest BCUT2D eigenvalue weighted by Crippen LogP contribution is -2.28. The quantitative estimate of drug-likeness (QED) is 0.944. The number of nitrogens with zero attached hydrogens (tertiary/aromatic N) is 2. The van der Waals surface area contributed by atoms with Crippen LogP contribution in [0.2, 0.25) is 0 Å². The maximum absolute atomic E-state index is 12.9. The molecule has 7 heteroatoms. The van der Waals surface area contributed by atoms with Crippen molar-refractivity contribution in [3.8, 4) is 11.3 Å². The number of thioether (sulfide) groups is 1. The number of carbonyl (C=O) groups excluding carboxylic acids is 1. The predicted octanol–water partition coefficient (Wildman–Crippen LogP) is 2.24. The predicted molar refractivity (Wildman–Crippen MR) is 78.5 cm³/mol. The molecule has 1 aromatic carbocycles. The zero-order valence-corrected chi connectivity index (χ0v) is 11.8. The molecule has 0 atom stereocenters. The Bertz CT molecular complexity index is 682. The molecule has 1 aliphatic heterocycles. The first kappa shape index (κ1) is 13.8. The Balaban J connectivity index is 1.64. The summed E-state index contributed by atoms with van der Waals surface area (Å²) < 4.78 is 18.0. The van der Waals surface area contributed by atoms with Gasteiger partial charge in [0.1, 0.15) is 5.82 Å². The van der Waals surface area contributed by atoms with E-state index in [1.54, 1.807) is 18.2 Å². The molecular formula is C14H12FN3O2S. The van der Waals surface area contributed by atoms with E-state index < -0.39 is 0 Å². The van der Waals surface area contributed by atoms with Gasteiger partial charge in [-0.25, -0.2) is 4.39 Å². The second-order valence-electron chi connectivity index (χ2n) is 4.45. The fraction of sp³-hybridized carbons (Fsp3) is 0.214. The third-order valence-corrected chi connectivity index (χ3v) is 3.75. The van der Waals surface area contributed by atoms with E-state index in [0.717, 1.165) is 12.3 Å². The Morgan fingerprint density at radius 2 is 2.19 bits per heavy atom. The van der Waals surface area contributed by atoms with Crippen LogP contribution in [0.15, 0.2) is 39.8 Å². The smallest absolute Gasteiger partial charge is 0.232 e. The molecule has 0 radical (unpaired) electrons. The summed E-state index contributed by atoms with van der Waals surface area (Å²) in [6.07, 6.45) is 0.115. The van der Waals surface area contributed by atoms with Gasteiger partial charge in [0, 0.05) is 17.4 Å². The van der Waals surface area contributed by atoms with Gasteiger partial charge < -0.3 is 9.84 Å². The van der Waals surface area contributed by atoms with E-state index in [1.807, 2.05) is 0 Å². The van der Waals surface area contributed by atoms with Crippen molar-refractivity contribution in [2.45, 2.75) is 6.42 Å². The summed E-state index contributed by atoms with van der Waals surface area (Å²) in [4.78, 5) is 16.0. The number of benzene rings is 1. The van der Waals surface area contributed by atoms with Crippen LogP contribution >= 0.6 is 11.8 Å². The maximum atomic E-state index is 12.9. The number of aromatic nitrogens is 1. The second kappa shape index (κ2) is 6.09. The molecule has 2 aromatic rings. The highest BCUT2D eigenvalue weighted by atomic mass is 32.2. The molecule has 108 valence electrons. The lowest BCUT2D eigenvalue weighted by atomic mass is 10.1. The first-order chi connectivity index (χ1) is 10.2. The Kier molecular flexibility index (Phi) is 4.01. The highest BCUT2D eigenvalue weighted by molar-refractivity contribution is 8.14. The minimum absolute atomic E-state index is 0.115. The van der Waals surface area contributed by atoms with Gasteiger partial charge in [-0.15, -0.1) is 0 Å². The van der Waals surface area contributed by atoms with Gasteiger partial charge in [-0.2, -0.15) is 0 Å². The van der Waals surface area contributed by atoms with Gasteiger partial charge in [0.25, 0.3) is 0 Å². The molecule has 0 saturated carbocycles. The summed E-state index contributed by atoms with van der Waals surface area (Å²) in [6.45, 7) is 0.735. The highest BCUT2D eigenvalue weighted by Gasteiger charge is 2.14. The minimum Gasteiger partial charge on any atom is -0.356 e. The van der Waals surface area contributed by atoms with Crippen LogP contribution in [0, 0.1) is 5.82 Å². The molecule has 0 spiro atoms. The van der Waals surface area contributed by atoms with E-state index in [-0.39, 0.29) is 18.1 Å². The summed E-state index contributed by atoms with van der Waals surface area (Å²) >= 11 is 1.52. The highest BCUT2D eigenvalue weighted by Crippen LogP contribution is 2.20. The third-order valence-electron chi connectivity index (χ3n) is 2.86. The number of aliphatic imine (C=N–C) groups is 1. The van der Waals surface area contributed by atoms with Crippen LogP contribution in [0.5, 0.6) is 0 Å². The Morgan fingerprint density at radius 3 is 2.90 bits per heavy atom. The number of amidine groups is 1. The average molecular weight is 305 g/mol. The summed E-state index contributed by atoms with van der Waals surface area (Å²) in [6, 6.07) is 7.57. The Labute approximate surface area is 124 Å². The molecule has 2 heterocycles. The average Bonchev–Trinajstić information content (AvgIpc) is 3.11. The van der Waals surface area contributed by atoms with Crippen LogP contribution in [0.3, 0.4) is 0 Å². The Morgan fingerprint density at radius 1 is 1.38 bits per heavy atom. The molecule has 1 aromatic heterocycles. The number of rotatable bonds is 3. The van der Waals surface area contributed by atoms with Gasteiger partial charge in [-0.3, -0.25) is 9.79 Å². The van der Waals surface area contributed by atoms with Gasteiger partial charge in [0.2, 0.25) is 5.91 Å². The lowest BCUT2D eigenvalue weighted by molar-refractivity contribution is -0.119. The monoisotopic (exact) mass is 305 g/mol. The van der Waals surface area contributed by atoms with E-state index in [1.165, 1.54) is 23.9 Å². The summed E-state index contributed by atoms with van der Waals surface area (Å²) in [5, 5.41) is 7.23. The molecular weight excluding hydrogens is 293 g/mol. The maximum Gasteiger partial charge on any atom is 0.232 e. The number of amides is 1. The van der Waals surface area contributed by atoms with Crippen molar-refractivity contribution in [3.05, 3.63) is 41.8 Å². The standard InChI is InChI=1S/C14H12FN3O2S/c15-10-3-1-9(2-4-10)12-7-11(18-20-12)8-13(19)17-14-16-5-6-21-14/h1-4,7H,5-6,8H2,(H,16,17,19). The molecule has 0 fully saturated rings. The minimum atomic E-state index is -0.312. The first-order valence-electron chi connectivity index (χ1n) is 6.39. The van der Waals surface area contributed by atoms with E-state index in [4.69, 9.17) is 4.52 Å². The normalized spacial score (nSPS) is 14.0. The van der Waals surface area contributed by atoms with Crippen LogP contribution in [0.25, 0.3) is 11.3 Å². The molecule has 5 nitrogen and oxygen atoms in total. The molecule has 0 unspecified atom stereocenters. The van der Waals surface area contributed by atoms with Gasteiger partial charge >= 0.3 is 0 Å². The van der Waals surface area contributed by atoms with Gasteiger partial charge in [-0.1, -0.05) is 16.9 Å².